The summed E-state index contributed by atoms with van der Waals surface area (Å²) < 4.78 is 0. The van der Waals surface area contributed by atoms with Gasteiger partial charge in [-0.15, -0.1) is 0 Å². The van der Waals surface area contributed by atoms with Crippen molar-refractivity contribution in [3.05, 3.63) is 23.8 Å². The van der Waals surface area contributed by atoms with Gasteiger partial charge in [0.1, 0.15) is 0 Å². The second-order valence-corrected chi connectivity index (χ2v) is 12.6. The molecule has 1 aliphatic heterocycles. The largest absolute Gasteiger partial charge is 0.0819 e. The van der Waals surface area contributed by atoms with Gasteiger partial charge in [-0.3, -0.25) is 0 Å². The summed E-state index contributed by atoms with van der Waals surface area (Å²) in [6.45, 7) is 9.75. The Bertz CT molecular complexity index is 355. The molecule has 0 nitrogen and oxygen atoms in total. The van der Waals surface area contributed by atoms with E-state index in [0.717, 1.165) is 0 Å². The molecule has 0 aromatic heterocycles. The normalized spacial score (nSPS) is 20.6. The second kappa shape index (κ2) is 3.35. The maximum Gasteiger partial charge on any atom is 0.0819 e. The van der Waals surface area contributed by atoms with Gasteiger partial charge in [0, 0.05) is 0 Å². The lowest BCUT2D eigenvalue weighted by Gasteiger charge is -2.34. The van der Waals surface area contributed by atoms with Crippen LogP contribution in [0.1, 0.15) is 5.56 Å². The van der Waals surface area contributed by atoms with Crippen LogP contribution >= 0.6 is 0 Å². The molecule has 1 aromatic rings. The topological polar surface area (TPSA) is 0 Å². The highest BCUT2D eigenvalue weighted by Crippen LogP contribution is 2.19. The molecule has 75 valence electrons. The smallest absolute Gasteiger partial charge is 0.0669 e. The molecule has 0 fully saturated rings. The average molecular weight is 219 g/mol. The molecule has 14 heavy (non-hydrogen) atoms. The number of benzene rings is 1. The van der Waals surface area contributed by atoms with Gasteiger partial charge in [-0.05, 0) is 6.92 Å². The van der Waals surface area contributed by atoms with Crippen molar-refractivity contribution in [2.75, 3.05) is 0 Å². The summed E-state index contributed by atoms with van der Waals surface area (Å²) in [5, 5.41) is 3.50. The highest BCUT2D eigenvalue weighted by atomic mass is 28.3. The summed E-state index contributed by atoms with van der Waals surface area (Å²) in [5.41, 5.74) is 1.45. The van der Waals surface area contributed by atoms with Crippen LogP contribution in [0.4, 0.5) is 0 Å². The van der Waals surface area contributed by atoms with Crippen LogP contribution in [0.25, 0.3) is 0 Å². The standard InChI is InChI=1S/C12H19Si2/c1-10-5-6-11-12(9-10)14(3,4)8-7-13(11)2/h5-6,9H,7-8H2,1-4H3. The number of rotatable bonds is 0. The van der Waals surface area contributed by atoms with Crippen molar-refractivity contribution in [1.82, 2.24) is 0 Å². The number of aryl methyl sites for hydroxylation is 1. The van der Waals surface area contributed by atoms with E-state index in [9.17, 15) is 0 Å². The van der Waals surface area contributed by atoms with Crippen molar-refractivity contribution in [3.8, 4) is 0 Å². The summed E-state index contributed by atoms with van der Waals surface area (Å²) in [6, 6.07) is 10.2. The molecule has 0 saturated heterocycles. The Kier molecular flexibility index (Phi) is 2.44. The zero-order valence-electron chi connectivity index (χ0n) is 9.65. The van der Waals surface area contributed by atoms with Gasteiger partial charge in [-0.2, -0.15) is 0 Å². The van der Waals surface area contributed by atoms with E-state index in [2.05, 4.69) is 44.8 Å². The Morgan fingerprint density at radius 1 is 1.29 bits per heavy atom. The zero-order chi connectivity index (χ0) is 10.3. The first kappa shape index (κ1) is 10.2. The highest BCUT2D eigenvalue weighted by Gasteiger charge is 2.32. The maximum absolute atomic E-state index is 2.53. The molecule has 0 N–H and O–H groups in total. The Morgan fingerprint density at radius 2 is 2.00 bits per heavy atom. The van der Waals surface area contributed by atoms with Gasteiger partial charge >= 0.3 is 0 Å². The summed E-state index contributed by atoms with van der Waals surface area (Å²) in [4.78, 5) is 0. The van der Waals surface area contributed by atoms with Gasteiger partial charge in [-0.25, -0.2) is 0 Å². The van der Waals surface area contributed by atoms with Gasteiger partial charge < -0.3 is 0 Å². The van der Waals surface area contributed by atoms with E-state index in [1.165, 1.54) is 17.7 Å². The summed E-state index contributed by atoms with van der Waals surface area (Å²) in [6.07, 6.45) is 0. The minimum absolute atomic E-state index is 0.202. The molecule has 0 spiro atoms. The summed E-state index contributed by atoms with van der Waals surface area (Å²) in [7, 11) is -1.26. The van der Waals surface area contributed by atoms with Crippen LogP contribution in [0.15, 0.2) is 18.2 Å². The molecular formula is C12H19Si2. The van der Waals surface area contributed by atoms with Crippen molar-refractivity contribution in [2.24, 2.45) is 0 Å². The molecule has 0 unspecified atom stereocenters. The van der Waals surface area contributed by atoms with E-state index in [0.29, 0.717) is 0 Å². The SMILES string of the molecule is Cc1ccc2c(c1)[Si](C)(C)CC[Si]2C. The predicted octanol–water partition coefficient (Wildman–Crippen LogP) is 2.26. The van der Waals surface area contributed by atoms with E-state index in [-0.39, 0.29) is 8.80 Å². The third kappa shape index (κ3) is 1.61. The van der Waals surface area contributed by atoms with Gasteiger partial charge in [0.15, 0.2) is 0 Å². The van der Waals surface area contributed by atoms with Crippen LogP contribution in [0.2, 0.25) is 31.7 Å². The molecular weight excluding hydrogens is 200 g/mol. The van der Waals surface area contributed by atoms with Crippen molar-refractivity contribution >= 4 is 27.2 Å². The molecule has 1 radical (unpaired) electrons. The van der Waals surface area contributed by atoms with E-state index in [1.54, 1.807) is 10.4 Å². The maximum atomic E-state index is 2.53. The fourth-order valence-corrected chi connectivity index (χ4v) is 10.9. The van der Waals surface area contributed by atoms with Gasteiger partial charge in [-0.1, -0.05) is 65.9 Å². The summed E-state index contributed by atoms with van der Waals surface area (Å²) >= 11 is 0. The third-order valence-corrected chi connectivity index (χ3v) is 9.97. The van der Waals surface area contributed by atoms with E-state index in [4.69, 9.17) is 0 Å². The average Bonchev–Trinajstić information content (AvgIpc) is 2.12. The van der Waals surface area contributed by atoms with Crippen molar-refractivity contribution in [1.29, 1.82) is 0 Å². The monoisotopic (exact) mass is 219 g/mol. The van der Waals surface area contributed by atoms with Crippen molar-refractivity contribution < 1.29 is 0 Å². The molecule has 0 bridgehead atoms. The van der Waals surface area contributed by atoms with Crippen molar-refractivity contribution in [2.45, 2.75) is 38.7 Å². The number of hydrogen-bond acceptors (Lipinski definition) is 0. The molecule has 1 aliphatic rings. The van der Waals surface area contributed by atoms with Crippen LogP contribution in [0.5, 0.6) is 0 Å². The molecule has 2 rings (SSSR count). The molecule has 1 heterocycles. The van der Waals surface area contributed by atoms with E-state index in [1.807, 2.05) is 0 Å². The lowest BCUT2D eigenvalue weighted by Crippen LogP contribution is -2.58. The fourth-order valence-electron chi connectivity index (χ4n) is 2.36. The first-order chi connectivity index (χ1) is 6.50. The third-order valence-electron chi connectivity index (χ3n) is 3.49. The van der Waals surface area contributed by atoms with Gasteiger partial charge in [0.05, 0.1) is 16.9 Å². The van der Waals surface area contributed by atoms with Gasteiger partial charge in [0.25, 0.3) is 0 Å². The van der Waals surface area contributed by atoms with Crippen LogP contribution in [-0.2, 0) is 0 Å². The van der Waals surface area contributed by atoms with Gasteiger partial charge in [0.2, 0.25) is 0 Å². The molecule has 0 saturated carbocycles. The van der Waals surface area contributed by atoms with E-state index >= 15 is 0 Å². The Balaban J connectivity index is 2.58. The first-order valence-electron chi connectivity index (χ1n) is 5.45. The Hall–Kier alpha value is -0.346. The van der Waals surface area contributed by atoms with Crippen molar-refractivity contribution in [3.63, 3.8) is 0 Å². The Labute approximate surface area is 90.0 Å². The van der Waals surface area contributed by atoms with Crippen LogP contribution in [0, 0.1) is 6.92 Å². The minimum atomic E-state index is -1.06. The number of fused-ring (bicyclic) bond motifs is 1. The summed E-state index contributed by atoms with van der Waals surface area (Å²) in [5.74, 6) is 0. The molecule has 0 amide bonds. The zero-order valence-corrected chi connectivity index (χ0v) is 11.6. The molecule has 0 aliphatic carbocycles. The molecule has 2 heteroatoms. The second-order valence-electron chi connectivity index (χ2n) is 5.21. The molecule has 0 atom stereocenters. The van der Waals surface area contributed by atoms with Crippen LogP contribution in [-0.4, -0.2) is 16.9 Å². The predicted molar refractivity (Wildman–Crippen MR) is 69.2 cm³/mol. The number of hydrogen-bond donors (Lipinski definition) is 0. The lowest BCUT2D eigenvalue weighted by molar-refractivity contribution is 1.31. The molecule has 1 aromatic carbocycles. The minimum Gasteiger partial charge on any atom is -0.0669 e. The Morgan fingerprint density at radius 3 is 2.71 bits per heavy atom. The first-order valence-corrected chi connectivity index (χ1v) is 10.9. The fraction of sp³-hybridized carbons (Fsp3) is 0.500. The lowest BCUT2D eigenvalue weighted by atomic mass is 10.2. The quantitative estimate of drug-likeness (QED) is 0.587. The van der Waals surface area contributed by atoms with E-state index < -0.39 is 8.07 Å². The van der Waals surface area contributed by atoms with Crippen LogP contribution in [0.3, 0.4) is 0 Å². The van der Waals surface area contributed by atoms with Crippen LogP contribution < -0.4 is 10.4 Å². The highest BCUT2D eigenvalue weighted by molar-refractivity contribution is 6.97.